The highest BCUT2D eigenvalue weighted by molar-refractivity contribution is 5.95. The van der Waals surface area contributed by atoms with E-state index in [0.29, 0.717) is 30.4 Å². The fraction of sp³-hybridized carbons (Fsp3) is 0.529. The number of ether oxygens (including phenoxy) is 2. The van der Waals surface area contributed by atoms with Gasteiger partial charge in [0.15, 0.2) is 6.61 Å². The lowest BCUT2D eigenvalue weighted by Gasteiger charge is -2.24. The molecule has 0 saturated carbocycles. The van der Waals surface area contributed by atoms with Crippen LogP contribution in [0.15, 0.2) is 24.3 Å². The molecule has 124 valence electrons. The number of nitrogens with zero attached hydrogens (tertiary/aromatic N) is 1. The van der Waals surface area contributed by atoms with E-state index < -0.39 is 12.6 Å². The van der Waals surface area contributed by atoms with Crippen molar-refractivity contribution in [3.8, 4) is 5.75 Å². The SMILES string of the molecule is CC1(C)CN(C(=O)c2ccc(OCC(=O)O)cc2)[C@@H]2COC[C@@H]21. The van der Waals surface area contributed by atoms with E-state index in [0.717, 1.165) is 6.54 Å². The third-order valence-electron chi connectivity index (χ3n) is 4.76. The Hall–Kier alpha value is -2.08. The van der Waals surface area contributed by atoms with Gasteiger partial charge in [-0.25, -0.2) is 4.79 Å². The molecular weight excluding hydrogens is 298 g/mol. The van der Waals surface area contributed by atoms with Crippen LogP contribution in [-0.2, 0) is 9.53 Å². The molecule has 2 atom stereocenters. The Morgan fingerprint density at radius 1 is 1.30 bits per heavy atom. The van der Waals surface area contributed by atoms with Crippen molar-refractivity contribution in [2.24, 2.45) is 11.3 Å². The van der Waals surface area contributed by atoms with Gasteiger partial charge in [-0.3, -0.25) is 4.79 Å². The van der Waals surface area contributed by atoms with Crippen LogP contribution in [-0.4, -0.2) is 54.3 Å². The number of carbonyl (C=O) groups is 2. The van der Waals surface area contributed by atoms with Gasteiger partial charge in [-0.05, 0) is 29.7 Å². The smallest absolute Gasteiger partial charge is 0.341 e. The molecule has 2 fully saturated rings. The number of hydrogen-bond donors (Lipinski definition) is 1. The minimum Gasteiger partial charge on any atom is -0.482 e. The standard InChI is InChI=1S/C17H21NO5/c1-17(2)10-18(14-8-22-7-13(14)17)16(21)11-3-5-12(6-4-11)23-9-15(19)20/h3-6,13-14H,7-10H2,1-2H3,(H,19,20)/t13-,14+/m0/s1. The van der Waals surface area contributed by atoms with Gasteiger partial charge in [0.1, 0.15) is 5.75 Å². The van der Waals surface area contributed by atoms with Gasteiger partial charge >= 0.3 is 5.97 Å². The van der Waals surface area contributed by atoms with E-state index in [1.807, 2.05) is 4.90 Å². The number of carbonyl (C=O) groups excluding carboxylic acids is 1. The maximum atomic E-state index is 12.8. The predicted octanol–water partition coefficient (Wildman–Crippen LogP) is 1.65. The first kappa shape index (κ1) is 15.8. The molecule has 0 aromatic heterocycles. The van der Waals surface area contributed by atoms with Gasteiger partial charge in [0.2, 0.25) is 0 Å². The highest BCUT2D eigenvalue weighted by atomic mass is 16.5. The van der Waals surface area contributed by atoms with Crippen molar-refractivity contribution in [1.29, 1.82) is 0 Å². The van der Waals surface area contributed by atoms with Crippen LogP contribution in [0, 0.1) is 11.3 Å². The van der Waals surface area contributed by atoms with Crippen molar-refractivity contribution in [1.82, 2.24) is 4.90 Å². The van der Waals surface area contributed by atoms with Crippen LogP contribution in [0.2, 0.25) is 0 Å². The molecule has 0 aliphatic carbocycles. The first-order valence-electron chi connectivity index (χ1n) is 7.72. The molecule has 0 bridgehead atoms. The second-order valence-electron chi connectivity index (χ2n) is 6.84. The summed E-state index contributed by atoms with van der Waals surface area (Å²) >= 11 is 0. The van der Waals surface area contributed by atoms with Crippen molar-refractivity contribution < 1.29 is 24.2 Å². The van der Waals surface area contributed by atoms with Crippen LogP contribution in [0.1, 0.15) is 24.2 Å². The summed E-state index contributed by atoms with van der Waals surface area (Å²) in [5.74, 6) is -0.227. The molecule has 2 aliphatic rings. The summed E-state index contributed by atoms with van der Waals surface area (Å²) in [6, 6.07) is 6.74. The predicted molar refractivity (Wildman–Crippen MR) is 82.5 cm³/mol. The summed E-state index contributed by atoms with van der Waals surface area (Å²) < 4.78 is 10.7. The molecule has 2 aliphatic heterocycles. The normalized spacial score (nSPS) is 25.2. The molecule has 6 nitrogen and oxygen atoms in total. The molecule has 1 amide bonds. The molecule has 2 saturated heterocycles. The highest BCUT2D eigenvalue weighted by Crippen LogP contribution is 2.43. The lowest BCUT2D eigenvalue weighted by atomic mass is 9.80. The van der Waals surface area contributed by atoms with Gasteiger partial charge in [-0.2, -0.15) is 0 Å². The average Bonchev–Trinajstić information content (AvgIpc) is 3.08. The summed E-state index contributed by atoms with van der Waals surface area (Å²) in [6.45, 7) is 5.99. The highest BCUT2D eigenvalue weighted by Gasteiger charge is 2.51. The number of aliphatic carboxylic acids is 1. The van der Waals surface area contributed by atoms with Crippen molar-refractivity contribution in [3.63, 3.8) is 0 Å². The zero-order valence-corrected chi connectivity index (χ0v) is 13.3. The number of carboxylic acids is 1. The molecule has 1 aromatic rings. The summed E-state index contributed by atoms with van der Waals surface area (Å²) in [6.07, 6.45) is 0. The number of carboxylic acid groups (broad SMARTS) is 1. The summed E-state index contributed by atoms with van der Waals surface area (Å²) in [5, 5.41) is 8.60. The number of hydrogen-bond acceptors (Lipinski definition) is 4. The quantitative estimate of drug-likeness (QED) is 0.913. The fourth-order valence-electron chi connectivity index (χ4n) is 3.50. The second kappa shape index (κ2) is 5.85. The zero-order valence-electron chi connectivity index (χ0n) is 13.3. The molecule has 1 aromatic carbocycles. The van der Waals surface area contributed by atoms with Crippen molar-refractivity contribution in [2.75, 3.05) is 26.4 Å². The van der Waals surface area contributed by atoms with Gasteiger partial charge in [0, 0.05) is 18.0 Å². The van der Waals surface area contributed by atoms with Crippen molar-refractivity contribution >= 4 is 11.9 Å². The first-order valence-corrected chi connectivity index (χ1v) is 7.72. The Morgan fingerprint density at radius 2 is 2.00 bits per heavy atom. The maximum Gasteiger partial charge on any atom is 0.341 e. The molecule has 0 radical (unpaired) electrons. The summed E-state index contributed by atoms with van der Waals surface area (Å²) in [5.41, 5.74) is 0.637. The van der Waals surface area contributed by atoms with Crippen LogP contribution >= 0.6 is 0 Å². The van der Waals surface area contributed by atoms with Crippen LogP contribution in [0.25, 0.3) is 0 Å². The van der Waals surface area contributed by atoms with Gasteiger partial charge in [0.05, 0.1) is 19.3 Å². The van der Waals surface area contributed by atoms with Gasteiger partial charge in [-0.1, -0.05) is 13.8 Å². The minimum absolute atomic E-state index is 0.0131. The average molecular weight is 319 g/mol. The topological polar surface area (TPSA) is 76.1 Å². The van der Waals surface area contributed by atoms with E-state index >= 15 is 0 Å². The number of likely N-dealkylation sites (tertiary alicyclic amines) is 1. The van der Waals surface area contributed by atoms with Crippen molar-refractivity contribution in [3.05, 3.63) is 29.8 Å². The van der Waals surface area contributed by atoms with Crippen molar-refractivity contribution in [2.45, 2.75) is 19.9 Å². The van der Waals surface area contributed by atoms with E-state index in [1.165, 1.54) is 0 Å². The van der Waals surface area contributed by atoms with E-state index in [-0.39, 0.29) is 17.4 Å². The molecule has 6 heteroatoms. The van der Waals surface area contributed by atoms with Crippen LogP contribution in [0.5, 0.6) is 5.75 Å². The molecular formula is C17H21NO5. The Kier molecular flexibility index (Phi) is 4.02. The van der Waals surface area contributed by atoms with Crippen LogP contribution < -0.4 is 4.74 Å². The van der Waals surface area contributed by atoms with E-state index in [2.05, 4.69) is 13.8 Å². The molecule has 1 N–H and O–H groups in total. The lowest BCUT2D eigenvalue weighted by molar-refractivity contribution is -0.139. The first-order chi connectivity index (χ1) is 10.9. The zero-order chi connectivity index (χ0) is 16.6. The minimum atomic E-state index is -1.03. The Morgan fingerprint density at radius 3 is 2.65 bits per heavy atom. The summed E-state index contributed by atoms with van der Waals surface area (Å²) in [4.78, 5) is 25.2. The van der Waals surface area contributed by atoms with E-state index in [1.54, 1.807) is 24.3 Å². The van der Waals surface area contributed by atoms with Gasteiger partial charge in [-0.15, -0.1) is 0 Å². The second-order valence-corrected chi connectivity index (χ2v) is 6.84. The Labute approximate surface area is 135 Å². The van der Waals surface area contributed by atoms with E-state index in [9.17, 15) is 9.59 Å². The maximum absolute atomic E-state index is 12.8. The van der Waals surface area contributed by atoms with Gasteiger partial charge in [0.25, 0.3) is 5.91 Å². The molecule has 2 heterocycles. The number of benzene rings is 1. The Bertz CT molecular complexity index is 610. The number of amides is 1. The van der Waals surface area contributed by atoms with Crippen LogP contribution in [0.4, 0.5) is 0 Å². The largest absolute Gasteiger partial charge is 0.482 e. The van der Waals surface area contributed by atoms with E-state index in [4.69, 9.17) is 14.6 Å². The number of fused-ring (bicyclic) bond motifs is 1. The molecule has 0 unspecified atom stereocenters. The molecule has 23 heavy (non-hydrogen) atoms. The van der Waals surface area contributed by atoms with Gasteiger partial charge < -0.3 is 19.5 Å². The number of rotatable bonds is 4. The fourth-order valence-corrected chi connectivity index (χ4v) is 3.50. The summed E-state index contributed by atoms with van der Waals surface area (Å²) in [7, 11) is 0. The monoisotopic (exact) mass is 319 g/mol. The molecule has 0 spiro atoms. The third-order valence-corrected chi connectivity index (χ3v) is 4.76. The Balaban J connectivity index is 1.72. The molecule has 3 rings (SSSR count). The van der Waals surface area contributed by atoms with Crippen LogP contribution in [0.3, 0.4) is 0 Å². The third kappa shape index (κ3) is 3.03. The lowest BCUT2D eigenvalue weighted by Crippen LogP contribution is -2.38.